The highest BCUT2D eigenvalue weighted by Crippen LogP contribution is 2.30. The predicted molar refractivity (Wildman–Crippen MR) is 123 cm³/mol. The predicted octanol–water partition coefficient (Wildman–Crippen LogP) is 3.57. The van der Waals surface area contributed by atoms with Crippen molar-refractivity contribution in [3.05, 3.63) is 59.7 Å². The normalized spacial score (nSPS) is 16.6. The lowest BCUT2D eigenvalue weighted by Crippen LogP contribution is -2.44. The molecule has 0 amide bonds. The van der Waals surface area contributed by atoms with Crippen LogP contribution in [-0.2, 0) is 17.9 Å². The maximum atomic E-state index is 5.73. The highest BCUT2D eigenvalue weighted by molar-refractivity contribution is 5.80. The van der Waals surface area contributed by atoms with Crippen molar-refractivity contribution in [3.8, 4) is 5.75 Å². The number of rotatable bonds is 9. The quantitative estimate of drug-likeness (QED) is 0.376. The van der Waals surface area contributed by atoms with Gasteiger partial charge in [-0.15, -0.1) is 0 Å². The van der Waals surface area contributed by atoms with Crippen LogP contribution in [-0.4, -0.2) is 45.9 Å². The van der Waals surface area contributed by atoms with Crippen LogP contribution in [0.5, 0.6) is 5.75 Å². The van der Waals surface area contributed by atoms with Crippen molar-refractivity contribution in [2.75, 3.05) is 38.8 Å². The third kappa shape index (κ3) is 5.89. The summed E-state index contributed by atoms with van der Waals surface area (Å²) in [5.41, 5.74) is 3.60. The Bertz CT molecular complexity index is 824. The molecule has 162 valence electrons. The Morgan fingerprint density at radius 1 is 1.13 bits per heavy atom. The average Bonchev–Trinajstić information content (AvgIpc) is 3.26. The van der Waals surface area contributed by atoms with Gasteiger partial charge >= 0.3 is 0 Å². The summed E-state index contributed by atoms with van der Waals surface area (Å²) in [5, 5.41) is 7.03. The number of benzene rings is 2. The Morgan fingerprint density at radius 3 is 2.67 bits per heavy atom. The van der Waals surface area contributed by atoms with Gasteiger partial charge in [-0.3, -0.25) is 4.99 Å². The van der Waals surface area contributed by atoms with Crippen molar-refractivity contribution in [3.63, 3.8) is 0 Å². The summed E-state index contributed by atoms with van der Waals surface area (Å²) < 4.78 is 11.3. The van der Waals surface area contributed by atoms with Gasteiger partial charge in [-0.2, -0.15) is 0 Å². The molecule has 2 aromatic carbocycles. The van der Waals surface area contributed by atoms with Crippen molar-refractivity contribution < 1.29 is 9.47 Å². The van der Waals surface area contributed by atoms with Gasteiger partial charge in [-0.25, -0.2) is 0 Å². The molecule has 2 N–H and O–H groups in total. The molecule has 1 aliphatic heterocycles. The minimum absolute atomic E-state index is 0.337. The number of methoxy groups -OCH3 is 1. The van der Waals surface area contributed by atoms with Gasteiger partial charge in [0.1, 0.15) is 5.75 Å². The standard InChI is InChI=1S/C24H34N4O2/c1-4-15-30-18-20-10-6-5-9-19(20)16-26-24(25-2)27-21-13-14-28(17-21)22-11-7-8-12-23(22)29-3/h5-12,21H,4,13-18H2,1-3H3,(H2,25,26,27). The van der Waals surface area contributed by atoms with E-state index >= 15 is 0 Å². The molecule has 1 fully saturated rings. The SMILES string of the molecule is CCCOCc1ccccc1CNC(=NC)NC1CCN(c2ccccc2OC)C1. The van der Waals surface area contributed by atoms with Crippen molar-refractivity contribution in [2.45, 2.75) is 39.0 Å². The van der Waals surface area contributed by atoms with Gasteiger partial charge in [0, 0.05) is 39.3 Å². The van der Waals surface area contributed by atoms with Gasteiger partial charge in [-0.1, -0.05) is 43.3 Å². The lowest BCUT2D eigenvalue weighted by molar-refractivity contribution is 0.121. The molecule has 0 spiro atoms. The summed E-state index contributed by atoms with van der Waals surface area (Å²) in [6.45, 7) is 6.19. The van der Waals surface area contributed by atoms with E-state index < -0.39 is 0 Å². The number of hydrogen-bond donors (Lipinski definition) is 2. The largest absolute Gasteiger partial charge is 0.495 e. The maximum absolute atomic E-state index is 5.73. The molecule has 0 aromatic heterocycles. The molecule has 1 unspecified atom stereocenters. The van der Waals surface area contributed by atoms with Crippen LogP contribution in [0, 0.1) is 0 Å². The molecule has 1 heterocycles. The van der Waals surface area contributed by atoms with Crippen molar-refractivity contribution >= 4 is 11.6 Å². The summed E-state index contributed by atoms with van der Waals surface area (Å²) in [4.78, 5) is 6.79. The van der Waals surface area contributed by atoms with Crippen LogP contribution in [0.3, 0.4) is 0 Å². The van der Waals surface area contributed by atoms with E-state index in [9.17, 15) is 0 Å². The molecule has 1 aliphatic rings. The molecule has 30 heavy (non-hydrogen) atoms. The van der Waals surface area contributed by atoms with Gasteiger partial charge in [0.25, 0.3) is 0 Å². The number of para-hydroxylation sites is 2. The number of hydrogen-bond acceptors (Lipinski definition) is 4. The minimum atomic E-state index is 0.337. The second-order valence-corrected chi connectivity index (χ2v) is 7.49. The molecule has 0 saturated carbocycles. The molecular weight excluding hydrogens is 376 g/mol. The second-order valence-electron chi connectivity index (χ2n) is 7.49. The molecule has 2 aromatic rings. The maximum Gasteiger partial charge on any atom is 0.191 e. The smallest absolute Gasteiger partial charge is 0.191 e. The van der Waals surface area contributed by atoms with Crippen LogP contribution in [0.15, 0.2) is 53.5 Å². The van der Waals surface area contributed by atoms with Crippen LogP contribution < -0.4 is 20.3 Å². The first-order valence-corrected chi connectivity index (χ1v) is 10.7. The summed E-state index contributed by atoms with van der Waals surface area (Å²) >= 11 is 0. The summed E-state index contributed by atoms with van der Waals surface area (Å²) in [6, 6.07) is 16.9. The Morgan fingerprint density at radius 2 is 1.90 bits per heavy atom. The Labute approximate surface area is 180 Å². The van der Waals surface area contributed by atoms with E-state index in [-0.39, 0.29) is 0 Å². The number of aliphatic imine (C=N–C) groups is 1. The number of guanidine groups is 1. The van der Waals surface area contributed by atoms with Crippen LogP contribution in [0.1, 0.15) is 30.9 Å². The Kier molecular flexibility index (Phi) is 8.39. The lowest BCUT2D eigenvalue weighted by atomic mass is 10.1. The first kappa shape index (κ1) is 22.0. The summed E-state index contributed by atoms with van der Waals surface area (Å²) in [6.07, 6.45) is 2.09. The molecule has 0 aliphatic carbocycles. The minimum Gasteiger partial charge on any atom is -0.495 e. The van der Waals surface area contributed by atoms with E-state index in [1.54, 1.807) is 7.11 Å². The van der Waals surface area contributed by atoms with E-state index in [2.05, 4.69) is 63.8 Å². The highest BCUT2D eigenvalue weighted by atomic mass is 16.5. The van der Waals surface area contributed by atoms with E-state index in [1.807, 2.05) is 19.2 Å². The lowest BCUT2D eigenvalue weighted by Gasteiger charge is -2.22. The highest BCUT2D eigenvalue weighted by Gasteiger charge is 2.25. The van der Waals surface area contributed by atoms with Crippen LogP contribution >= 0.6 is 0 Å². The van der Waals surface area contributed by atoms with E-state index in [0.717, 1.165) is 49.9 Å². The van der Waals surface area contributed by atoms with Gasteiger partial charge in [-0.05, 0) is 36.1 Å². The molecule has 6 heteroatoms. The topological polar surface area (TPSA) is 58.1 Å². The molecule has 0 bridgehead atoms. The van der Waals surface area contributed by atoms with E-state index in [1.165, 1.54) is 11.1 Å². The number of nitrogens with zero attached hydrogens (tertiary/aromatic N) is 2. The molecule has 6 nitrogen and oxygen atoms in total. The molecule has 0 radical (unpaired) electrons. The summed E-state index contributed by atoms with van der Waals surface area (Å²) in [7, 11) is 3.54. The molecule has 1 atom stereocenters. The third-order valence-electron chi connectivity index (χ3n) is 5.35. The number of ether oxygens (including phenoxy) is 2. The third-order valence-corrected chi connectivity index (χ3v) is 5.35. The zero-order chi connectivity index (χ0) is 21.2. The second kappa shape index (κ2) is 11.5. The Hall–Kier alpha value is -2.73. The first-order valence-electron chi connectivity index (χ1n) is 10.7. The van der Waals surface area contributed by atoms with Crippen molar-refractivity contribution in [1.82, 2.24) is 10.6 Å². The fourth-order valence-electron chi connectivity index (χ4n) is 3.75. The van der Waals surface area contributed by atoms with Gasteiger partial charge < -0.3 is 25.0 Å². The fraction of sp³-hybridized carbons (Fsp3) is 0.458. The number of anilines is 1. The van der Waals surface area contributed by atoms with E-state index in [0.29, 0.717) is 19.2 Å². The van der Waals surface area contributed by atoms with Gasteiger partial charge in [0.2, 0.25) is 0 Å². The zero-order valence-electron chi connectivity index (χ0n) is 18.4. The van der Waals surface area contributed by atoms with E-state index in [4.69, 9.17) is 9.47 Å². The number of nitrogens with one attached hydrogen (secondary N) is 2. The molecular formula is C24H34N4O2. The monoisotopic (exact) mass is 410 g/mol. The fourth-order valence-corrected chi connectivity index (χ4v) is 3.75. The molecule has 3 rings (SSSR count). The van der Waals surface area contributed by atoms with Crippen molar-refractivity contribution in [2.24, 2.45) is 4.99 Å². The van der Waals surface area contributed by atoms with Gasteiger partial charge in [0.15, 0.2) is 5.96 Å². The molecule has 1 saturated heterocycles. The van der Waals surface area contributed by atoms with Crippen LogP contribution in [0.4, 0.5) is 5.69 Å². The zero-order valence-corrected chi connectivity index (χ0v) is 18.4. The van der Waals surface area contributed by atoms with Gasteiger partial charge in [0.05, 0.1) is 19.4 Å². The van der Waals surface area contributed by atoms with Crippen LogP contribution in [0.2, 0.25) is 0 Å². The average molecular weight is 411 g/mol. The van der Waals surface area contributed by atoms with Crippen molar-refractivity contribution in [1.29, 1.82) is 0 Å². The first-order chi connectivity index (χ1) is 14.7. The van der Waals surface area contributed by atoms with Crippen LogP contribution in [0.25, 0.3) is 0 Å². The Balaban J connectivity index is 1.54. The summed E-state index contributed by atoms with van der Waals surface area (Å²) in [5.74, 6) is 1.74.